The Morgan fingerprint density at radius 1 is 1.13 bits per heavy atom. The minimum absolute atomic E-state index is 0.0429. The average molecular weight is 434 g/mol. The first kappa shape index (κ1) is 22.9. The number of hydrogen-bond donors (Lipinski definition) is 1. The predicted octanol–water partition coefficient (Wildman–Crippen LogP) is 6.14. The van der Waals surface area contributed by atoms with Gasteiger partial charge in [0.15, 0.2) is 0 Å². The van der Waals surface area contributed by atoms with Gasteiger partial charge in [-0.25, -0.2) is 13.8 Å². The first-order valence-corrected chi connectivity index (χ1v) is 8.00. The molecular formula is C19H13F7N2O2. The molecule has 1 heterocycles. The van der Waals surface area contributed by atoms with Gasteiger partial charge < -0.3 is 9.73 Å². The maximum Gasteiger partial charge on any atom is 0.463 e. The molecule has 0 radical (unpaired) electrons. The lowest BCUT2D eigenvalue weighted by Gasteiger charge is -2.15. The zero-order valence-corrected chi connectivity index (χ0v) is 15.2. The molecule has 1 aromatic carbocycles. The van der Waals surface area contributed by atoms with Gasteiger partial charge in [-0.15, -0.1) is 0 Å². The molecule has 0 spiro atoms. The van der Waals surface area contributed by atoms with Crippen LogP contribution in [0.4, 0.5) is 36.4 Å². The molecule has 0 bridgehead atoms. The van der Waals surface area contributed by atoms with Gasteiger partial charge in [0, 0.05) is 11.3 Å². The lowest BCUT2D eigenvalue weighted by molar-refractivity contribution is -0.297. The number of halogens is 7. The number of alkyl halides is 5. The van der Waals surface area contributed by atoms with Gasteiger partial charge in [-0.2, -0.15) is 22.0 Å². The molecule has 0 atom stereocenters. The van der Waals surface area contributed by atoms with Crippen LogP contribution in [0.1, 0.15) is 11.7 Å². The standard InChI is InChI=1S/C19H13F7N2O2/c1-4-13(21)14(9(2)20)16(29)27-12-7-5-11(6-8-12)15-10(3)30-17(28-15)18(22,23)19(24,25)26/h4-8H,1-2H2,3H3,(H,27,29)/b14-13-. The van der Waals surface area contributed by atoms with Crippen molar-refractivity contribution in [3.05, 3.63) is 72.4 Å². The minimum Gasteiger partial charge on any atom is -0.440 e. The maximum absolute atomic E-state index is 13.6. The van der Waals surface area contributed by atoms with Crippen molar-refractivity contribution in [2.24, 2.45) is 0 Å². The fourth-order valence-electron chi connectivity index (χ4n) is 2.29. The van der Waals surface area contributed by atoms with Gasteiger partial charge in [-0.3, -0.25) is 4.79 Å². The Morgan fingerprint density at radius 3 is 2.17 bits per heavy atom. The molecule has 30 heavy (non-hydrogen) atoms. The highest BCUT2D eigenvalue weighted by molar-refractivity contribution is 6.07. The highest BCUT2D eigenvalue weighted by atomic mass is 19.4. The Hall–Kier alpha value is -3.37. The van der Waals surface area contributed by atoms with Gasteiger partial charge >= 0.3 is 12.1 Å². The first-order chi connectivity index (χ1) is 13.8. The second kappa shape index (κ2) is 8.17. The quantitative estimate of drug-likeness (QED) is 0.338. The Bertz CT molecular complexity index is 1020. The van der Waals surface area contributed by atoms with Crippen LogP contribution in [-0.2, 0) is 10.7 Å². The van der Waals surface area contributed by atoms with Gasteiger partial charge in [-0.05, 0) is 25.1 Å². The summed E-state index contributed by atoms with van der Waals surface area (Å²) in [6.45, 7) is 7.09. The minimum atomic E-state index is -5.89. The number of carbonyl (C=O) groups is 1. The van der Waals surface area contributed by atoms with Crippen molar-refractivity contribution in [3.8, 4) is 11.3 Å². The molecule has 0 unspecified atom stereocenters. The third kappa shape index (κ3) is 4.44. The van der Waals surface area contributed by atoms with Crippen molar-refractivity contribution >= 4 is 11.6 Å². The number of nitrogens with one attached hydrogen (secondary N) is 1. The van der Waals surface area contributed by atoms with E-state index in [2.05, 4.69) is 27.9 Å². The zero-order valence-electron chi connectivity index (χ0n) is 15.2. The predicted molar refractivity (Wildman–Crippen MR) is 93.8 cm³/mol. The topological polar surface area (TPSA) is 55.1 Å². The Balaban J connectivity index is 2.30. The number of allylic oxidation sites excluding steroid dienone is 2. The molecule has 4 nitrogen and oxygen atoms in total. The molecule has 0 fully saturated rings. The van der Waals surface area contributed by atoms with Crippen LogP contribution in [0.5, 0.6) is 0 Å². The average Bonchev–Trinajstić information content (AvgIpc) is 3.03. The van der Waals surface area contributed by atoms with Crippen LogP contribution in [0.3, 0.4) is 0 Å². The molecule has 0 saturated carbocycles. The molecule has 1 amide bonds. The summed E-state index contributed by atoms with van der Waals surface area (Å²) in [6.07, 6.45) is -5.27. The van der Waals surface area contributed by atoms with Gasteiger partial charge in [-0.1, -0.05) is 25.3 Å². The highest BCUT2D eigenvalue weighted by Crippen LogP contribution is 2.44. The number of carbonyl (C=O) groups excluding carboxylic acids is 1. The monoisotopic (exact) mass is 434 g/mol. The van der Waals surface area contributed by atoms with Crippen molar-refractivity contribution in [2.75, 3.05) is 5.32 Å². The molecule has 0 saturated heterocycles. The van der Waals surface area contributed by atoms with Gasteiger partial charge in [0.25, 0.3) is 11.8 Å². The van der Waals surface area contributed by atoms with E-state index in [4.69, 9.17) is 0 Å². The summed E-state index contributed by atoms with van der Waals surface area (Å²) in [7, 11) is 0. The van der Waals surface area contributed by atoms with E-state index in [9.17, 15) is 35.5 Å². The third-order valence-electron chi connectivity index (χ3n) is 3.75. The third-order valence-corrected chi connectivity index (χ3v) is 3.75. The molecule has 0 aliphatic carbocycles. The summed E-state index contributed by atoms with van der Waals surface area (Å²) in [6, 6.07) is 4.89. The number of rotatable bonds is 6. The smallest absolute Gasteiger partial charge is 0.440 e. The zero-order chi connectivity index (χ0) is 22.9. The molecule has 2 aromatic rings. The molecule has 2 rings (SSSR count). The number of aryl methyl sites for hydroxylation is 1. The van der Waals surface area contributed by atoms with Crippen LogP contribution in [0, 0.1) is 6.92 Å². The van der Waals surface area contributed by atoms with Crippen LogP contribution in [-0.4, -0.2) is 17.1 Å². The number of nitrogens with zero attached hydrogens (tertiary/aromatic N) is 1. The Kier molecular flexibility index (Phi) is 6.24. The fourth-order valence-corrected chi connectivity index (χ4v) is 2.29. The van der Waals surface area contributed by atoms with E-state index in [1.807, 2.05) is 0 Å². The fraction of sp³-hybridized carbons (Fsp3) is 0.158. The van der Waals surface area contributed by atoms with Crippen LogP contribution < -0.4 is 5.32 Å². The van der Waals surface area contributed by atoms with Crippen LogP contribution >= 0.6 is 0 Å². The van der Waals surface area contributed by atoms with Crippen molar-refractivity contribution in [3.63, 3.8) is 0 Å². The second-order valence-electron chi connectivity index (χ2n) is 5.86. The van der Waals surface area contributed by atoms with Gasteiger partial charge in [0.05, 0.1) is 0 Å². The molecule has 1 aromatic heterocycles. The largest absolute Gasteiger partial charge is 0.463 e. The molecule has 11 heteroatoms. The van der Waals surface area contributed by atoms with E-state index in [-0.39, 0.29) is 22.7 Å². The van der Waals surface area contributed by atoms with Crippen LogP contribution in [0.2, 0.25) is 0 Å². The summed E-state index contributed by atoms with van der Waals surface area (Å²) < 4.78 is 95.6. The van der Waals surface area contributed by atoms with E-state index in [0.717, 1.165) is 6.92 Å². The van der Waals surface area contributed by atoms with Gasteiger partial charge in [0.2, 0.25) is 0 Å². The van der Waals surface area contributed by atoms with Crippen LogP contribution in [0.25, 0.3) is 11.3 Å². The number of hydrogen-bond acceptors (Lipinski definition) is 3. The second-order valence-corrected chi connectivity index (χ2v) is 5.86. The maximum atomic E-state index is 13.6. The van der Waals surface area contributed by atoms with E-state index in [1.165, 1.54) is 24.3 Å². The number of oxazole rings is 1. The van der Waals surface area contributed by atoms with E-state index in [0.29, 0.717) is 6.08 Å². The molecule has 160 valence electrons. The van der Waals surface area contributed by atoms with Crippen molar-refractivity contribution in [1.82, 2.24) is 4.98 Å². The lowest BCUT2D eigenvalue weighted by atomic mass is 10.1. The number of benzene rings is 1. The van der Waals surface area contributed by atoms with Gasteiger partial charge in [0.1, 0.15) is 28.7 Å². The summed E-state index contributed by atoms with van der Waals surface area (Å²) in [5, 5.41) is 2.18. The molecular weight excluding hydrogens is 421 g/mol. The van der Waals surface area contributed by atoms with Crippen molar-refractivity contribution in [1.29, 1.82) is 0 Å². The van der Waals surface area contributed by atoms with E-state index in [1.54, 1.807) is 0 Å². The SMILES string of the molecule is C=C/C(F)=C(\C(=C)F)C(=O)Nc1ccc(-c2nc(C(F)(F)C(F)(F)F)oc2C)cc1. The lowest BCUT2D eigenvalue weighted by Crippen LogP contribution is -2.33. The number of amides is 1. The summed E-state index contributed by atoms with van der Waals surface area (Å²) >= 11 is 0. The van der Waals surface area contributed by atoms with E-state index < -0.39 is 41.1 Å². The Morgan fingerprint density at radius 2 is 1.70 bits per heavy atom. The summed E-state index contributed by atoms with van der Waals surface area (Å²) in [5.41, 5.74) is -1.11. The summed E-state index contributed by atoms with van der Waals surface area (Å²) in [4.78, 5) is 15.2. The van der Waals surface area contributed by atoms with Crippen molar-refractivity contribution in [2.45, 2.75) is 19.0 Å². The normalized spacial score (nSPS) is 12.9. The number of aromatic nitrogens is 1. The molecule has 0 aliphatic rings. The van der Waals surface area contributed by atoms with E-state index >= 15 is 0 Å². The number of anilines is 1. The Labute approximate surface area is 165 Å². The van der Waals surface area contributed by atoms with Crippen LogP contribution in [0.15, 0.2) is 65.1 Å². The molecule has 0 aliphatic heterocycles. The molecule has 1 N–H and O–H groups in total. The van der Waals surface area contributed by atoms with Crippen molar-refractivity contribution < 1.29 is 39.9 Å². The first-order valence-electron chi connectivity index (χ1n) is 8.00. The highest BCUT2D eigenvalue weighted by Gasteiger charge is 2.62. The summed E-state index contributed by atoms with van der Waals surface area (Å²) in [5.74, 6) is -11.1.